The molecule has 2 aliphatic rings. The molecule has 1 saturated carbocycles. The van der Waals surface area contributed by atoms with E-state index in [9.17, 15) is 9.00 Å². The molecule has 0 N–H and O–H groups in total. The normalized spacial score (nSPS) is 37.9. The lowest BCUT2D eigenvalue weighted by Crippen LogP contribution is -2.45. The van der Waals surface area contributed by atoms with Gasteiger partial charge in [-0.25, -0.2) is 13.3 Å². The number of nitrogens with zero attached hydrogens (tertiary/aromatic N) is 1. The number of alkyl halides is 1. The van der Waals surface area contributed by atoms with E-state index in [1.807, 2.05) is 0 Å². The van der Waals surface area contributed by atoms with E-state index in [-0.39, 0.29) is 12.0 Å². The van der Waals surface area contributed by atoms with Crippen molar-refractivity contribution in [2.75, 3.05) is 0 Å². The van der Waals surface area contributed by atoms with E-state index in [0.29, 0.717) is 0 Å². The summed E-state index contributed by atoms with van der Waals surface area (Å²) >= 11 is 6.02. The maximum atomic E-state index is 11.9. The summed E-state index contributed by atoms with van der Waals surface area (Å²) in [6, 6.07) is 0.0122. The zero-order valence-corrected chi connectivity index (χ0v) is 11.2. The lowest BCUT2D eigenvalue weighted by Gasteiger charge is -2.34. The average Bonchev–Trinajstić information content (AvgIpc) is 2.21. The summed E-state index contributed by atoms with van der Waals surface area (Å²) in [5, 5.41) is 0. The number of amides is 1. The highest BCUT2D eigenvalue weighted by Crippen LogP contribution is 2.46. The monoisotopic (exact) mass is 265 g/mol. The summed E-state index contributed by atoms with van der Waals surface area (Å²) in [5.74, 6) is 0.176. The van der Waals surface area contributed by atoms with Gasteiger partial charge in [0.1, 0.15) is 21.3 Å². The van der Waals surface area contributed by atoms with Gasteiger partial charge in [0, 0.05) is 5.92 Å². The van der Waals surface area contributed by atoms with Crippen LogP contribution in [0.3, 0.4) is 0 Å². The van der Waals surface area contributed by atoms with Gasteiger partial charge in [-0.1, -0.05) is 0 Å². The molecule has 0 spiro atoms. The number of carbonyl (C=O) groups excluding carboxylic acids is 1. The third-order valence-electron chi connectivity index (χ3n) is 2.89. The van der Waals surface area contributed by atoms with Crippen molar-refractivity contribution in [3.8, 4) is 0 Å². The molecule has 2 rings (SSSR count). The predicted octanol–water partition coefficient (Wildman–Crippen LogP) is 2.24. The summed E-state index contributed by atoms with van der Waals surface area (Å²) in [4.78, 5) is 11.9. The van der Waals surface area contributed by atoms with Crippen molar-refractivity contribution >= 4 is 28.7 Å². The summed E-state index contributed by atoms with van der Waals surface area (Å²) in [6.07, 6.45) is 1.31. The molecule has 0 aromatic heterocycles. The van der Waals surface area contributed by atoms with Gasteiger partial charge in [0.25, 0.3) is 0 Å². The first kappa shape index (κ1) is 12.2. The Hall–Kier alpha value is -0.290. The summed E-state index contributed by atoms with van der Waals surface area (Å²) in [7, 11) is -1.44. The third-order valence-corrected chi connectivity index (χ3v) is 5.21. The second-order valence-electron chi connectivity index (χ2n) is 5.24. The molecule has 4 nitrogen and oxygen atoms in total. The maximum absolute atomic E-state index is 11.9. The second kappa shape index (κ2) is 3.88. The number of halogens is 1. The topological polar surface area (TPSA) is 46.6 Å². The van der Waals surface area contributed by atoms with Crippen LogP contribution in [0.25, 0.3) is 0 Å². The van der Waals surface area contributed by atoms with Crippen LogP contribution in [0.1, 0.15) is 33.6 Å². The lowest BCUT2D eigenvalue weighted by atomic mass is 9.81. The highest BCUT2D eigenvalue weighted by atomic mass is 35.5. The zero-order chi connectivity index (χ0) is 12.1. The van der Waals surface area contributed by atoms with Crippen molar-refractivity contribution in [1.29, 1.82) is 0 Å². The second-order valence-corrected chi connectivity index (χ2v) is 7.42. The van der Waals surface area contributed by atoms with Crippen LogP contribution < -0.4 is 0 Å². The number of hydrogen-bond acceptors (Lipinski definition) is 3. The van der Waals surface area contributed by atoms with E-state index in [1.165, 1.54) is 4.31 Å². The smallest absolute Gasteiger partial charge is 0.422 e. The molecule has 92 valence electrons. The van der Waals surface area contributed by atoms with Gasteiger partial charge in [-0.2, -0.15) is 0 Å². The number of ether oxygens (including phenoxy) is 1. The highest BCUT2D eigenvalue weighted by Gasteiger charge is 2.54. The number of fused-ring (bicyclic) bond motifs is 1. The molecule has 6 heteroatoms. The molecule has 16 heavy (non-hydrogen) atoms. The minimum absolute atomic E-state index is 0.0122. The maximum Gasteiger partial charge on any atom is 0.422 e. The Bertz CT molecular complexity index is 341. The van der Waals surface area contributed by atoms with Crippen molar-refractivity contribution < 1.29 is 13.7 Å². The molecule has 1 saturated heterocycles. The van der Waals surface area contributed by atoms with E-state index in [2.05, 4.69) is 0 Å². The first-order valence-corrected chi connectivity index (χ1v) is 6.99. The Labute approximate surface area is 103 Å². The van der Waals surface area contributed by atoms with Crippen LogP contribution in [0.5, 0.6) is 0 Å². The zero-order valence-electron chi connectivity index (χ0n) is 9.60. The van der Waals surface area contributed by atoms with E-state index in [1.54, 1.807) is 20.8 Å². The Morgan fingerprint density at radius 3 is 2.44 bits per heavy atom. The molecule has 1 aliphatic carbocycles. The van der Waals surface area contributed by atoms with Gasteiger partial charge >= 0.3 is 6.09 Å². The van der Waals surface area contributed by atoms with Crippen LogP contribution in [0.15, 0.2) is 0 Å². The van der Waals surface area contributed by atoms with Gasteiger partial charge in [0.05, 0.1) is 6.04 Å². The fraction of sp³-hybridized carbons (Fsp3) is 0.900. The van der Waals surface area contributed by atoms with E-state index in [4.69, 9.17) is 16.3 Å². The van der Waals surface area contributed by atoms with E-state index in [0.717, 1.165) is 12.8 Å². The van der Waals surface area contributed by atoms with Crippen LogP contribution in [0.2, 0.25) is 0 Å². The Morgan fingerprint density at radius 2 is 2.06 bits per heavy atom. The molecule has 1 aliphatic heterocycles. The van der Waals surface area contributed by atoms with E-state index >= 15 is 0 Å². The van der Waals surface area contributed by atoms with E-state index < -0.39 is 27.4 Å². The van der Waals surface area contributed by atoms with Crippen LogP contribution in [0.4, 0.5) is 4.79 Å². The van der Waals surface area contributed by atoms with Gasteiger partial charge in [-0.3, -0.25) is 0 Å². The fourth-order valence-corrected chi connectivity index (χ4v) is 4.11. The average molecular weight is 266 g/mol. The minimum Gasteiger partial charge on any atom is -0.443 e. The van der Waals surface area contributed by atoms with Crippen molar-refractivity contribution in [3.05, 3.63) is 0 Å². The lowest BCUT2D eigenvalue weighted by molar-refractivity contribution is 0.0266. The molecule has 1 heterocycles. The molecular weight excluding hydrogens is 250 g/mol. The molecule has 4 atom stereocenters. The quantitative estimate of drug-likeness (QED) is 0.631. The first-order chi connectivity index (χ1) is 7.31. The molecular formula is C10H16ClNO3S. The third kappa shape index (κ3) is 1.95. The number of hydrogen-bond donors (Lipinski definition) is 0. The molecule has 0 aromatic rings. The number of rotatable bonds is 0. The van der Waals surface area contributed by atoms with Crippen LogP contribution >= 0.6 is 11.6 Å². The predicted molar refractivity (Wildman–Crippen MR) is 62.4 cm³/mol. The molecule has 1 amide bonds. The highest BCUT2D eigenvalue weighted by molar-refractivity contribution is 7.85. The van der Waals surface area contributed by atoms with Gasteiger partial charge < -0.3 is 4.74 Å². The van der Waals surface area contributed by atoms with Crippen LogP contribution in [0, 0.1) is 5.92 Å². The van der Waals surface area contributed by atoms with Gasteiger partial charge in [-0.15, -0.1) is 11.6 Å². The standard InChI is InChI=1S/C10H16ClNO3S/c1-10(2,3)15-9(13)12-7-5-4-6(7)8(11)16(12)14/h6-8H,4-5H2,1-3H3/t6-,7+,8+,16?/m0/s1. The Morgan fingerprint density at radius 1 is 1.44 bits per heavy atom. The SMILES string of the molecule is CC(C)(C)OC(=O)N1[C@@H]2CC[C@@H]2[C@H](Cl)S1=O. The first-order valence-electron chi connectivity index (χ1n) is 5.38. The Balaban J connectivity index is 2.10. The molecule has 0 radical (unpaired) electrons. The fourth-order valence-electron chi connectivity index (χ4n) is 2.01. The molecule has 2 fully saturated rings. The summed E-state index contributed by atoms with van der Waals surface area (Å²) in [5.41, 5.74) is -0.565. The van der Waals surface area contributed by atoms with Gasteiger partial charge in [0.15, 0.2) is 0 Å². The van der Waals surface area contributed by atoms with Crippen LogP contribution in [-0.4, -0.2) is 31.0 Å². The summed E-state index contributed by atoms with van der Waals surface area (Å²) in [6.45, 7) is 5.38. The van der Waals surface area contributed by atoms with Crippen molar-refractivity contribution in [2.45, 2.75) is 50.0 Å². The van der Waals surface area contributed by atoms with Crippen LogP contribution in [-0.2, 0) is 15.7 Å². The number of carbonyl (C=O) groups is 1. The van der Waals surface area contributed by atoms with Crippen molar-refractivity contribution in [3.63, 3.8) is 0 Å². The minimum atomic E-state index is -1.44. The Kier molecular flexibility index (Phi) is 2.95. The van der Waals surface area contributed by atoms with Crippen molar-refractivity contribution in [2.24, 2.45) is 5.92 Å². The van der Waals surface area contributed by atoms with Gasteiger partial charge in [-0.05, 0) is 33.6 Å². The van der Waals surface area contributed by atoms with Gasteiger partial charge in [0.2, 0.25) is 0 Å². The molecule has 0 aromatic carbocycles. The molecule has 1 unspecified atom stereocenters. The van der Waals surface area contributed by atoms with Crippen molar-refractivity contribution in [1.82, 2.24) is 4.31 Å². The summed E-state index contributed by atoms with van der Waals surface area (Å²) < 4.78 is 18.0. The largest absolute Gasteiger partial charge is 0.443 e. The molecule has 0 bridgehead atoms.